The van der Waals surface area contributed by atoms with E-state index in [0.29, 0.717) is 11.3 Å². The summed E-state index contributed by atoms with van der Waals surface area (Å²) in [5.41, 5.74) is 0.395. The van der Waals surface area contributed by atoms with Gasteiger partial charge in [0.15, 0.2) is 0 Å². The van der Waals surface area contributed by atoms with Gasteiger partial charge in [-0.15, -0.1) is 0 Å². The molecule has 88 valence electrons. The van der Waals surface area contributed by atoms with Crippen molar-refractivity contribution in [1.29, 1.82) is 0 Å². The Morgan fingerprint density at radius 1 is 1.47 bits per heavy atom. The van der Waals surface area contributed by atoms with Gasteiger partial charge in [0.05, 0.1) is 19.6 Å². The van der Waals surface area contributed by atoms with Crippen LogP contribution in [0, 0.1) is 17.3 Å². The van der Waals surface area contributed by atoms with Gasteiger partial charge in [-0.1, -0.05) is 13.8 Å². The fraction of sp³-hybridized carbons (Fsp3) is 0.917. The number of hydrogen-bond donors (Lipinski definition) is 1. The van der Waals surface area contributed by atoms with Crippen molar-refractivity contribution in [2.75, 3.05) is 13.7 Å². The lowest BCUT2D eigenvalue weighted by Crippen LogP contribution is -2.33. The van der Waals surface area contributed by atoms with Gasteiger partial charge in [0.25, 0.3) is 0 Å². The number of carbonyl (C=O) groups is 1. The molecule has 0 heterocycles. The van der Waals surface area contributed by atoms with Crippen LogP contribution in [0.4, 0.5) is 0 Å². The normalized spacial score (nSPS) is 23.5. The van der Waals surface area contributed by atoms with E-state index in [0.717, 1.165) is 25.7 Å². The highest BCUT2D eigenvalue weighted by molar-refractivity contribution is 5.72. The number of hydrogen-bond acceptors (Lipinski definition) is 3. The van der Waals surface area contributed by atoms with Gasteiger partial charge in [-0.05, 0) is 37.0 Å². The SMILES string of the molecule is COC(=O)C(CO)C1CCC(C)(C)CC1. The first-order valence-corrected chi connectivity index (χ1v) is 5.69. The lowest BCUT2D eigenvalue weighted by Gasteiger charge is -2.36. The molecule has 0 spiro atoms. The van der Waals surface area contributed by atoms with Crippen LogP contribution in [0.5, 0.6) is 0 Å². The summed E-state index contributed by atoms with van der Waals surface area (Å²) >= 11 is 0. The van der Waals surface area contributed by atoms with Crippen molar-refractivity contribution in [2.45, 2.75) is 39.5 Å². The van der Waals surface area contributed by atoms with Crippen LogP contribution >= 0.6 is 0 Å². The van der Waals surface area contributed by atoms with Gasteiger partial charge >= 0.3 is 5.97 Å². The minimum absolute atomic E-state index is 0.0855. The number of carbonyl (C=O) groups excluding carboxylic acids is 1. The van der Waals surface area contributed by atoms with E-state index < -0.39 is 0 Å². The van der Waals surface area contributed by atoms with Crippen molar-refractivity contribution >= 4 is 5.97 Å². The fourth-order valence-electron chi connectivity index (χ4n) is 2.39. The molecule has 0 saturated heterocycles. The molecule has 1 saturated carbocycles. The van der Waals surface area contributed by atoms with Gasteiger partial charge in [0, 0.05) is 0 Å². The van der Waals surface area contributed by atoms with E-state index in [1.165, 1.54) is 7.11 Å². The van der Waals surface area contributed by atoms with E-state index in [1.54, 1.807) is 0 Å². The maximum Gasteiger partial charge on any atom is 0.311 e. The summed E-state index contributed by atoms with van der Waals surface area (Å²) in [5.74, 6) is -0.274. The number of ether oxygens (including phenoxy) is 1. The maximum absolute atomic E-state index is 11.4. The Balaban J connectivity index is 2.54. The third-order valence-electron chi connectivity index (χ3n) is 3.65. The molecule has 0 amide bonds. The molecular weight excluding hydrogens is 192 g/mol. The van der Waals surface area contributed by atoms with Crippen LogP contribution in [0.3, 0.4) is 0 Å². The number of methoxy groups -OCH3 is 1. The third kappa shape index (κ3) is 3.20. The topological polar surface area (TPSA) is 46.5 Å². The highest BCUT2D eigenvalue weighted by Gasteiger charge is 2.34. The Labute approximate surface area is 91.8 Å². The standard InChI is InChI=1S/C12H22O3/c1-12(2)6-4-9(5-7-12)10(8-13)11(14)15-3/h9-10,13H,4-8H2,1-3H3. The zero-order valence-electron chi connectivity index (χ0n) is 9.95. The Morgan fingerprint density at radius 2 is 2.00 bits per heavy atom. The molecule has 1 aliphatic carbocycles. The molecule has 1 unspecified atom stereocenters. The van der Waals surface area contributed by atoms with Gasteiger partial charge in [0.1, 0.15) is 0 Å². The summed E-state index contributed by atoms with van der Waals surface area (Å²) < 4.78 is 4.71. The molecule has 1 atom stereocenters. The first-order chi connectivity index (χ1) is 7.00. The molecule has 3 nitrogen and oxygen atoms in total. The van der Waals surface area contributed by atoms with E-state index in [9.17, 15) is 9.90 Å². The van der Waals surface area contributed by atoms with E-state index in [1.807, 2.05) is 0 Å². The number of rotatable bonds is 3. The van der Waals surface area contributed by atoms with Crippen LogP contribution in [-0.4, -0.2) is 24.8 Å². The van der Waals surface area contributed by atoms with Gasteiger partial charge in [0.2, 0.25) is 0 Å². The Bertz CT molecular complexity index is 213. The molecule has 15 heavy (non-hydrogen) atoms. The van der Waals surface area contributed by atoms with E-state index in [2.05, 4.69) is 13.8 Å². The summed E-state index contributed by atoms with van der Waals surface area (Å²) in [6, 6.07) is 0. The van der Waals surface area contributed by atoms with Gasteiger partial charge in [-0.25, -0.2) is 0 Å². The predicted octanol–water partition coefficient (Wildman–Crippen LogP) is 1.98. The van der Waals surface area contributed by atoms with Crippen LogP contribution in [-0.2, 0) is 9.53 Å². The predicted molar refractivity (Wildman–Crippen MR) is 58.3 cm³/mol. The summed E-state index contributed by atoms with van der Waals surface area (Å²) in [7, 11) is 1.39. The second-order valence-corrected chi connectivity index (χ2v) is 5.31. The summed E-state index contributed by atoms with van der Waals surface area (Å²) in [5, 5.41) is 9.21. The minimum Gasteiger partial charge on any atom is -0.469 e. The molecule has 0 aromatic heterocycles. The Morgan fingerprint density at radius 3 is 2.40 bits per heavy atom. The van der Waals surface area contributed by atoms with Crippen LogP contribution in [0.25, 0.3) is 0 Å². The third-order valence-corrected chi connectivity index (χ3v) is 3.65. The summed E-state index contributed by atoms with van der Waals surface area (Å²) in [4.78, 5) is 11.4. The molecule has 1 aliphatic rings. The number of aliphatic hydroxyl groups excluding tert-OH is 1. The fourth-order valence-corrected chi connectivity index (χ4v) is 2.39. The van der Waals surface area contributed by atoms with Crippen molar-refractivity contribution in [1.82, 2.24) is 0 Å². The summed E-state index contributed by atoms with van der Waals surface area (Å²) in [6.07, 6.45) is 4.30. The lowest BCUT2D eigenvalue weighted by atomic mass is 9.69. The van der Waals surface area contributed by atoms with Crippen LogP contribution in [0.1, 0.15) is 39.5 Å². The highest BCUT2D eigenvalue weighted by atomic mass is 16.5. The average molecular weight is 214 g/mol. The molecule has 0 aromatic rings. The molecule has 0 aromatic carbocycles. The molecule has 1 rings (SSSR count). The van der Waals surface area contributed by atoms with Crippen LogP contribution < -0.4 is 0 Å². The van der Waals surface area contributed by atoms with Gasteiger partial charge in [-0.3, -0.25) is 4.79 Å². The van der Waals surface area contributed by atoms with Crippen LogP contribution in [0.15, 0.2) is 0 Å². The second kappa shape index (κ2) is 4.97. The van der Waals surface area contributed by atoms with Crippen molar-refractivity contribution in [2.24, 2.45) is 17.3 Å². The first kappa shape index (κ1) is 12.5. The minimum atomic E-state index is -0.314. The van der Waals surface area contributed by atoms with E-state index >= 15 is 0 Å². The van der Waals surface area contributed by atoms with Gasteiger partial charge < -0.3 is 9.84 Å². The van der Waals surface area contributed by atoms with E-state index in [-0.39, 0.29) is 18.5 Å². The van der Waals surface area contributed by atoms with Crippen molar-refractivity contribution < 1.29 is 14.6 Å². The molecule has 1 N–H and O–H groups in total. The molecule has 3 heteroatoms. The average Bonchev–Trinajstić information content (AvgIpc) is 2.21. The molecule has 0 radical (unpaired) electrons. The number of esters is 1. The first-order valence-electron chi connectivity index (χ1n) is 5.69. The molecule has 0 aliphatic heterocycles. The zero-order valence-corrected chi connectivity index (χ0v) is 9.95. The molecular formula is C12H22O3. The van der Waals surface area contributed by atoms with E-state index in [4.69, 9.17) is 4.74 Å². The van der Waals surface area contributed by atoms with Crippen LogP contribution in [0.2, 0.25) is 0 Å². The molecule has 1 fully saturated rings. The summed E-state index contributed by atoms with van der Waals surface area (Å²) in [6.45, 7) is 4.43. The van der Waals surface area contributed by atoms with Gasteiger partial charge in [-0.2, -0.15) is 0 Å². The lowest BCUT2D eigenvalue weighted by molar-refractivity contribution is -0.150. The van der Waals surface area contributed by atoms with Crippen molar-refractivity contribution in [3.63, 3.8) is 0 Å². The Kier molecular flexibility index (Phi) is 4.14. The Hall–Kier alpha value is -0.570. The number of aliphatic hydroxyl groups is 1. The maximum atomic E-state index is 11.4. The largest absolute Gasteiger partial charge is 0.469 e. The van der Waals surface area contributed by atoms with Crippen molar-refractivity contribution in [3.8, 4) is 0 Å². The van der Waals surface area contributed by atoms with Crippen molar-refractivity contribution in [3.05, 3.63) is 0 Å². The molecule has 0 bridgehead atoms. The zero-order chi connectivity index (χ0) is 11.5. The quantitative estimate of drug-likeness (QED) is 0.731. The second-order valence-electron chi connectivity index (χ2n) is 5.31. The highest BCUT2D eigenvalue weighted by Crippen LogP contribution is 2.40. The monoisotopic (exact) mass is 214 g/mol. The smallest absolute Gasteiger partial charge is 0.311 e.